The Hall–Kier alpha value is -2.58. The fourth-order valence-electron chi connectivity index (χ4n) is 6.12. The number of carbonyl (C=O) groups excluding carboxylic acids is 1. The van der Waals surface area contributed by atoms with Gasteiger partial charge in [0.05, 0.1) is 25.0 Å². The van der Waals surface area contributed by atoms with Gasteiger partial charge in [-0.05, 0) is 77.2 Å². The van der Waals surface area contributed by atoms with Gasteiger partial charge < -0.3 is 20.1 Å². The molecule has 1 amide bonds. The Kier molecular flexibility index (Phi) is 5.53. The van der Waals surface area contributed by atoms with Crippen molar-refractivity contribution < 1.29 is 14.3 Å². The number of aromatic nitrogens is 2. The Labute approximate surface area is 201 Å². The summed E-state index contributed by atoms with van der Waals surface area (Å²) >= 11 is 0. The number of amides is 1. The molecule has 2 aromatic rings. The number of fused-ring (bicyclic) bond motifs is 1. The van der Waals surface area contributed by atoms with Gasteiger partial charge in [0.1, 0.15) is 11.9 Å². The highest BCUT2D eigenvalue weighted by atomic mass is 16.5. The van der Waals surface area contributed by atoms with Gasteiger partial charge in [-0.2, -0.15) is 5.10 Å². The van der Waals surface area contributed by atoms with Crippen molar-refractivity contribution in [3.05, 3.63) is 30.1 Å². The number of hydrogen-bond donors (Lipinski definition) is 2. The highest BCUT2D eigenvalue weighted by molar-refractivity contribution is 5.92. The molecule has 1 saturated carbocycles. The second kappa shape index (κ2) is 8.57. The van der Waals surface area contributed by atoms with Crippen LogP contribution in [0.5, 0.6) is 5.75 Å². The number of piperidine rings is 1. The number of carbonyl (C=O) groups is 1. The highest BCUT2D eigenvalue weighted by Crippen LogP contribution is 2.55. The van der Waals surface area contributed by atoms with Gasteiger partial charge in [-0.15, -0.1) is 0 Å². The lowest BCUT2D eigenvalue weighted by molar-refractivity contribution is 0.175. The molecule has 1 spiro atoms. The number of rotatable bonds is 4. The third-order valence-corrected chi connectivity index (χ3v) is 8.37. The Morgan fingerprint density at radius 2 is 2.03 bits per heavy atom. The number of nitrogens with zero attached hydrogens (tertiary/aromatic N) is 3. The van der Waals surface area contributed by atoms with Gasteiger partial charge in [0.25, 0.3) is 0 Å². The maximum absolute atomic E-state index is 12.7. The molecule has 8 heteroatoms. The molecule has 1 aliphatic carbocycles. The molecule has 1 aromatic heterocycles. The van der Waals surface area contributed by atoms with Crippen molar-refractivity contribution in [3.8, 4) is 16.9 Å². The molecule has 34 heavy (non-hydrogen) atoms. The van der Waals surface area contributed by atoms with Gasteiger partial charge in [0.2, 0.25) is 0 Å². The zero-order valence-corrected chi connectivity index (χ0v) is 20.2. The number of methoxy groups -OCH3 is 1. The minimum absolute atomic E-state index is 0.0904. The molecule has 8 nitrogen and oxygen atoms in total. The normalized spacial score (nSPS) is 28.7. The van der Waals surface area contributed by atoms with Crippen molar-refractivity contribution in [2.24, 2.45) is 5.41 Å². The summed E-state index contributed by atoms with van der Waals surface area (Å²) in [6.45, 7) is 6.24. The van der Waals surface area contributed by atoms with Crippen LogP contribution in [0.1, 0.15) is 50.6 Å². The fourth-order valence-corrected chi connectivity index (χ4v) is 6.12. The van der Waals surface area contributed by atoms with E-state index in [0.29, 0.717) is 6.04 Å². The van der Waals surface area contributed by atoms with Crippen LogP contribution in [0.3, 0.4) is 0 Å². The van der Waals surface area contributed by atoms with E-state index in [2.05, 4.69) is 40.6 Å². The van der Waals surface area contributed by atoms with Crippen LogP contribution in [0.25, 0.3) is 11.1 Å². The lowest BCUT2D eigenvalue weighted by Gasteiger charge is -2.35. The highest BCUT2D eigenvalue weighted by Gasteiger charge is 2.58. The smallest absolute Gasteiger partial charge is 0.414 e. The van der Waals surface area contributed by atoms with Gasteiger partial charge >= 0.3 is 6.09 Å². The molecule has 6 rings (SSSR count). The van der Waals surface area contributed by atoms with E-state index in [-0.39, 0.29) is 23.7 Å². The molecular weight excluding hydrogens is 430 g/mol. The summed E-state index contributed by atoms with van der Waals surface area (Å²) in [5.41, 5.74) is 4.45. The number of hydrogen-bond acceptors (Lipinski definition) is 6. The third-order valence-electron chi connectivity index (χ3n) is 8.37. The van der Waals surface area contributed by atoms with Crippen molar-refractivity contribution in [2.75, 3.05) is 38.2 Å². The molecule has 3 fully saturated rings. The van der Waals surface area contributed by atoms with E-state index in [0.717, 1.165) is 86.4 Å². The van der Waals surface area contributed by atoms with Crippen LogP contribution in [-0.4, -0.2) is 61.3 Å². The standard InChI is InChI=1S/C26H35N5O3/c1-17-3-4-21-22(31(17)25(32)33-2)6-5-20(24(21)34-23-13-26(23)9-12-28-16-26)18-14-29-30(15-18)19-7-10-27-11-8-19/h5-6,14-15,17,19,23,27-28H,3-4,7-13,16H2,1-2H3/t17-,23?,26?/m0/s1. The van der Waals surface area contributed by atoms with Crippen LogP contribution in [0.4, 0.5) is 10.5 Å². The maximum Gasteiger partial charge on any atom is 0.414 e. The molecule has 0 radical (unpaired) electrons. The molecular formula is C26H35N5O3. The Morgan fingerprint density at radius 1 is 1.18 bits per heavy atom. The number of ether oxygens (including phenoxy) is 2. The predicted octanol–water partition coefficient (Wildman–Crippen LogP) is 3.51. The van der Waals surface area contributed by atoms with E-state index in [9.17, 15) is 4.79 Å². The Morgan fingerprint density at radius 3 is 2.79 bits per heavy atom. The van der Waals surface area contributed by atoms with E-state index in [4.69, 9.17) is 14.6 Å². The average molecular weight is 466 g/mol. The van der Waals surface area contributed by atoms with E-state index < -0.39 is 0 Å². The van der Waals surface area contributed by atoms with E-state index in [1.165, 1.54) is 13.5 Å². The lowest BCUT2D eigenvalue weighted by Crippen LogP contribution is -2.42. The molecule has 0 bridgehead atoms. The molecule has 2 unspecified atom stereocenters. The topological polar surface area (TPSA) is 80.7 Å². The first-order chi connectivity index (χ1) is 16.6. The second-order valence-corrected chi connectivity index (χ2v) is 10.5. The maximum atomic E-state index is 12.7. The average Bonchev–Trinajstić information content (AvgIpc) is 3.21. The van der Waals surface area contributed by atoms with Crippen LogP contribution in [0, 0.1) is 5.41 Å². The molecule has 2 N–H and O–H groups in total. The van der Waals surface area contributed by atoms with Crippen LogP contribution < -0.4 is 20.3 Å². The second-order valence-electron chi connectivity index (χ2n) is 10.5. The third kappa shape index (κ3) is 3.67. The van der Waals surface area contributed by atoms with Crippen molar-refractivity contribution in [3.63, 3.8) is 0 Å². The summed E-state index contributed by atoms with van der Waals surface area (Å²) in [6, 6.07) is 4.69. The summed E-state index contributed by atoms with van der Waals surface area (Å²) in [7, 11) is 1.45. The largest absolute Gasteiger partial charge is 0.489 e. The zero-order chi connectivity index (χ0) is 23.3. The first kappa shape index (κ1) is 21.9. The van der Waals surface area contributed by atoms with Crippen molar-refractivity contribution in [1.82, 2.24) is 20.4 Å². The summed E-state index contributed by atoms with van der Waals surface area (Å²) in [5.74, 6) is 0.928. The minimum atomic E-state index is -0.311. The van der Waals surface area contributed by atoms with Crippen molar-refractivity contribution >= 4 is 11.8 Å². The van der Waals surface area contributed by atoms with Crippen LogP contribution in [0.2, 0.25) is 0 Å². The van der Waals surface area contributed by atoms with Gasteiger partial charge in [0, 0.05) is 40.9 Å². The van der Waals surface area contributed by atoms with Crippen molar-refractivity contribution in [1.29, 1.82) is 0 Å². The van der Waals surface area contributed by atoms with Crippen molar-refractivity contribution in [2.45, 2.75) is 63.6 Å². The SMILES string of the molecule is COC(=O)N1c2ccc(-c3cnn(C4CCNCC4)c3)c(OC3CC34CCNC4)c2CC[C@@H]1C. The Bertz CT molecular complexity index is 1070. The Balaban J connectivity index is 1.39. The fraction of sp³-hybridized carbons (Fsp3) is 0.615. The molecule has 182 valence electrons. The van der Waals surface area contributed by atoms with Crippen LogP contribution in [0.15, 0.2) is 24.5 Å². The first-order valence-corrected chi connectivity index (χ1v) is 12.8. The number of benzene rings is 1. The summed E-state index contributed by atoms with van der Waals surface area (Å²) < 4.78 is 14.1. The zero-order valence-electron chi connectivity index (χ0n) is 20.2. The number of anilines is 1. The van der Waals surface area contributed by atoms with Crippen LogP contribution >= 0.6 is 0 Å². The number of nitrogens with one attached hydrogen (secondary N) is 2. The van der Waals surface area contributed by atoms with Gasteiger partial charge in [-0.1, -0.05) is 0 Å². The predicted molar refractivity (Wildman–Crippen MR) is 130 cm³/mol. The van der Waals surface area contributed by atoms with Gasteiger partial charge in [0.15, 0.2) is 0 Å². The lowest BCUT2D eigenvalue weighted by atomic mass is 9.92. The molecule has 3 atom stereocenters. The molecule has 3 aliphatic heterocycles. The monoisotopic (exact) mass is 465 g/mol. The van der Waals surface area contributed by atoms with E-state index in [1.807, 2.05) is 6.20 Å². The minimum Gasteiger partial charge on any atom is -0.489 e. The van der Waals surface area contributed by atoms with E-state index in [1.54, 1.807) is 4.90 Å². The van der Waals surface area contributed by atoms with E-state index >= 15 is 0 Å². The first-order valence-electron chi connectivity index (χ1n) is 12.8. The molecule has 4 heterocycles. The summed E-state index contributed by atoms with van der Waals surface area (Å²) in [5, 5.41) is 11.7. The quantitative estimate of drug-likeness (QED) is 0.719. The molecule has 1 aromatic carbocycles. The van der Waals surface area contributed by atoms with Gasteiger partial charge in [-0.3, -0.25) is 9.58 Å². The molecule has 4 aliphatic rings. The summed E-state index contributed by atoms with van der Waals surface area (Å²) in [4.78, 5) is 14.4. The summed E-state index contributed by atoms with van der Waals surface area (Å²) in [6.07, 6.45) is 10.3. The molecule has 2 saturated heterocycles. The van der Waals surface area contributed by atoms with Gasteiger partial charge in [-0.25, -0.2) is 4.79 Å². The van der Waals surface area contributed by atoms with Crippen LogP contribution in [-0.2, 0) is 11.2 Å².